The van der Waals surface area contributed by atoms with E-state index in [2.05, 4.69) is 9.88 Å². The van der Waals surface area contributed by atoms with Crippen LogP contribution in [0.5, 0.6) is 5.75 Å². The Morgan fingerprint density at radius 1 is 0.935 bits per heavy atom. The highest BCUT2D eigenvalue weighted by Gasteiger charge is 2.22. The van der Waals surface area contributed by atoms with Crippen LogP contribution in [0.2, 0.25) is 5.02 Å². The second-order valence-corrected chi connectivity index (χ2v) is 8.40. The van der Waals surface area contributed by atoms with Gasteiger partial charge in [0.25, 0.3) is 0 Å². The third kappa shape index (κ3) is 6.54. The van der Waals surface area contributed by atoms with Gasteiger partial charge in [-0.2, -0.15) is 0 Å². The first kappa shape index (κ1) is 21.8. The van der Waals surface area contributed by atoms with Crippen LogP contribution in [0.1, 0.15) is 30.2 Å². The molecule has 31 heavy (non-hydrogen) atoms. The molecule has 0 N–H and O–H groups in total. The fourth-order valence-electron chi connectivity index (χ4n) is 3.94. The van der Waals surface area contributed by atoms with E-state index >= 15 is 0 Å². The lowest BCUT2D eigenvalue weighted by Crippen LogP contribution is -2.37. The fourth-order valence-corrected chi connectivity index (χ4v) is 4.07. The smallest absolute Gasteiger partial charge is 0.124 e. The zero-order valence-corrected chi connectivity index (χ0v) is 18.5. The van der Waals surface area contributed by atoms with Gasteiger partial charge in [0, 0.05) is 17.8 Å². The quantitative estimate of drug-likeness (QED) is 0.435. The van der Waals surface area contributed by atoms with Crippen LogP contribution in [0.3, 0.4) is 0 Å². The minimum Gasteiger partial charge on any atom is -0.492 e. The monoisotopic (exact) mass is 436 g/mol. The number of benzene rings is 2. The van der Waals surface area contributed by atoms with Gasteiger partial charge in [-0.05, 0) is 73.8 Å². The molecule has 1 unspecified atom stereocenters. The average molecular weight is 437 g/mol. The fraction of sp³-hybridized carbons (Fsp3) is 0.346. The van der Waals surface area contributed by atoms with Gasteiger partial charge in [-0.25, -0.2) is 0 Å². The van der Waals surface area contributed by atoms with Crippen LogP contribution in [0.15, 0.2) is 79.0 Å². The minimum atomic E-state index is -0.171. The summed E-state index contributed by atoms with van der Waals surface area (Å²) in [6.45, 7) is 4.59. The van der Waals surface area contributed by atoms with Crippen LogP contribution in [0, 0.1) is 5.92 Å². The lowest BCUT2D eigenvalue weighted by molar-refractivity contribution is 0.0277. The van der Waals surface area contributed by atoms with Crippen molar-refractivity contribution in [3.63, 3.8) is 0 Å². The number of aromatic nitrogens is 1. The maximum Gasteiger partial charge on any atom is 0.124 e. The molecule has 1 aliphatic rings. The molecule has 4 nitrogen and oxygen atoms in total. The molecule has 0 amide bonds. The summed E-state index contributed by atoms with van der Waals surface area (Å²) in [7, 11) is 0. The van der Waals surface area contributed by atoms with Crippen LogP contribution >= 0.6 is 11.6 Å². The van der Waals surface area contributed by atoms with Gasteiger partial charge in [-0.1, -0.05) is 48.0 Å². The Morgan fingerprint density at radius 3 is 2.39 bits per heavy atom. The molecule has 2 aromatic carbocycles. The number of ether oxygens (including phenoxy) is 2. The van der Waals surface area contributed by atoms with Gasteiger partial charge in [0.2, 0.25) is 0 Å². The summed E-state index contributed by atoms with van der Waals surface area (Å²) in [5, 5.41) is 0.729. The summed E-state index contributed by atoms with van der Waals surface area (Å²) in [5.41, 5.74) is 2.01. The van der Waals surface area contributed by atoms with Crippen LogP contribution in [-0.2, 0) is 4.74 Å². The van der Waals surface area contributed by atoms with E-state index in [9.17, 15) is 0 Å². The van der Waals surface area contributed by atoms with E-state index in [4.69, 9.17) is 21.1 Å². The average Bonchev–Trinajstić information content (AvgIpc) is 2.83. The molecule has 162 valence electrons. The van der Waals surface area contributed by atoms with Gasteiger partial charge >= 0.3 is 0 Å². The SMILES string of the molecule is Clc1ccc(C(OCC2CCN(CCOc3ccccc3)CC2)c2ccccn2)cc1. The van der Waals surface area contributed by atoms with Crippen LogP contribution < -0.4 is 4.74 Å². The maximum atomic E-state index is 6.42. The molecule has 3 aromatic rings. The molecule has 1 saturated heterocycles. The second kappa shape index (κ2) is 11.3. The molecule has 4 rings (SSSR count). The number of hydrogen-bond donors (Lipinski definition) is 0. The third-order valence-corrected chi connectivity index (χ3v) is 6.01. The van der Waals surface area contributed by atoms with Gasteiger partial charge in [-0.15, -0.1) is 0 Å². The van der Waals surface area contributed by atoms with Gasteiger partial charge < -0.3 is 9.47 Å². The topological polar surface area (TPSA) is 34.6 Å². The molecule has 0 saturated carbocycles. The summed E-state index contributed by atoms with van der Waals surface area (Å²) >= 11 is 6.08. The molecule has 5 heteroatoms. The van der Waals surface area contributed by atoms with Crippen molar-refractivity contribution in [2.75, 3.05) is 32.8 Å². The Hall–Kier alpha value is -2.40. The molecule has 0 bridgehead atoms. The molecule has 2 heterocycles. The van der Waals surface area contributed by atoms with Gasteiger partial charge in [0.15, 0.2) is 0 Å². The second-order valence-electron chi connectivity index (χ2n) is 7.97. The summed E-state index contributed by atoms with van der Waals surface area (Å²) in [4.78, 5) is 7.01. The number of hydrogen-bond acceptors (Lipinski definition) is 4. The minimum absolute atomic E-state index is 0.171. The normalized spacial score (nSPS) is 16.2. The van der Waals surface area contributed by atoms with Gasteiger partial charge in [0.1, 0.15) is 18.5 Å². The lowest BCUT2D eigenvalue weighted by atomic mass is 9.97. The van der Waals surface area contributed by atoms with Crippen molar-refractivity contribution < 1.29 is 9.47 Å². The molecule has 1 aliphatic heterocycles. The maximum absolute atomic E-state index is 6.42. The Balaban J connectivity index is 1.25. The highest BCUT2D eigenvalue weighted by Crippen LogP contribution is 2.28. The molecular weight excluding hydrogens is 408 g/mol. The van der Waals surface area contributed by atoms with Crippen molar-refractivity contribution in [1.29, 1.82) is 0 Å². The zero-order chi connectivity index (χ0) is 21.3. The van der Waals surface area contributed by atoms with E-state index < -0.39 is 0 Å². The van der Waals surface area contributed by atoms with Crippen LogP contribution in [0.4, 0.5) is 0 Å². The Labute approximate surface area is 189 Å². The molecule has 1 aromatic heterocycles. The number of halogens is 1. The predicted octanol–water partition coefficient (Wildman–Crippen LogP) is 5.63. The first-order chi connectivity index (χ1) is 15.3. The van der Waals surface area contributed by atoms with Crippen molar-refractivity contribution in [1.82, 2.24) is 9.88 Å². The zero-order valence-electron chi connectivity index (χ0n) is 17.7. The standard InChI is InChI=1S/C26H29ClN2O2/c27-23-11-9-22(10-12-23)26(25-8-4-5-15-28-25)31-20-21-13-16-29(17-14-21)18-19-30-24-6-2-1-3-7-24/h1-12,15,21,26H,13-14,16-20H2. The highest BCUT2D eigenvalue weighted by molar-refractivity contribution is 6.30. The lowest BCUT2D eigenvalue weighted by Gasteiger charge is -2.32. The van der Waals surface area contributed by atoms with Crippen molar-refractivity contribution in [2.45, 2.75) is 18.9 Å². The largest absolute Gasteiger partial charge is 0.492 e. The van der Waals surface area contributed by atoms with Crippen molar-refractivity contribution in [3.05, 3.63) is 95.3 Å². The van der Waals surface area contributed by atoms with E-state index in [-0.39, 0.29) is 6.10 Å². The number of rotatable bonds is 9. The Kier molecular flexibility index (Phi) is 7.94. The molecule has 1 fully saturated rings. The first-order valence-corrected chi connectivity index (χ1v) is 11.3. The molecule has 0 spiro atoms. The number of para-hydroxylation sites is 1. The summed E-state index contributed by atoms with van der Waals surface area (Å²) in [5.74, 6) is 1.50. The van der Waals surface area contributed by atoms with Crippen molar-refractivity contribution >= 4 is 11.6 Å². The molecule has 0 aliphatic carbocycles. The first-order valence-electron chi connectivity index (χ1n) is 11.0. The van der Waals surface area contributed by atoms with Crippen LogP contribution in [-0.4, -0.2) is 42.7 Å². The Morgan fingerprint density at radius 2 is 1.68 bits per heavy atom. The van der Waals surface area contributed by atoms with E-state index in [0.717, 1.165) is 67.7 Å². The van der Waals surface area contributed by atoms with E-state index in [0.29, 0.717) is 5.92 Å². The number of pyridine rings is 1. The van der Waals surface area contributed by atoms with Gasteiger partial charge in [0.05, 0.1) is 12.3 Å². The number of piperidine rings is 1. The molecule has 0 radical (unpaired) electrons. The highest BCUT2D eigenvalue weighted by atomic mass is 35.5. The third-order valence-electron chi connectivity index (χ3n) is 5.75. The summed E-state index contributed by atoms with van der Waals surface area (Å²) in [6.07, 6.45) is 3.93. The Bertz CT molecular complexity index is 898. The van der Waals surface area contributed by atoms with E-state index in [1.54, 1.807) is 0 Å². The van der Waals surface area contributed by atoms with Crippen molar-refractivity contribution in [3.8, 4) is 5.75 Å². The van der Waals surface area contributed by atoms with Crippen molar-refractivity contribution in [2.24, 2.45) is 5.92 Å². The predicted molar refractivity (Wildman–Crippen MR) is 125 cm³/mol. The molecule has 1 atom stereocenters. The van der Waals surface area contributed by atoms with E-state index in [1.165, 1.54) is 0 Å². The van der Waals surface area contributed by atoms with E-state index in [1.807, 2.05) is 79.0 Å². The number of likely N-dealkylation sites (tertiary alicyclic amines) is 1. The molecular formula is C26H29ClN2O2. The summed E-state index contributed by atoms with van der Waals surface area (Å²) < 4.78 is 12.3. The number of nitrogens with zero attached hydrogens (tertiary/aromatic N) is 2. The summed E-state index contributed by atoms with van der Waals surface area (Å²) in [6, 6.07) is 23.8. The van der Waals surface area contributed by atoms with Gasteiger partial charge in [-0.3, -0.25) is 9.88 Å². The van der Waals surface area contributed by atoms with Crippen LogP contribution in [0.25, 0.3) is 0 Å².